The van der Waals surface area contributed by atoms with Gasteiger partial charge in [-0.25, -0.2) is 4.68 Å². The van der Waals surface area contributed by atoms with Crippen molar-refractivity contribution >= 4 is 29.4 Å². The lowest BCUT2D eigenvalue weighted by Crippen LogP contribution is -2.44. The monoisotopic (exact) mass is 580 g/mol. The molecular weight excluding hydrogens is 544 g/mol. The van der Waals surface area contributed by atoms with E-state index in [1.807, 2.05) is 41.1 Å². The lowest BCUT2D eigenvalue weighted by molar-refractivity contribution is -0.123. The maximum absolute atomic E-state index is 14.0. The highest BCUT2D eigenvalue weighted by Gasteiger charge is 2.38. The minimum Gasteiger partial charge on any atom is -0.376 e. The second-order valence-electron chi connectivity index (χ2n) is 11.1. The number of nitrogens with one attached hydrogen (secondary N) is 1. The Hall–Kier alpha value is -3.88. The van der Waals surface area contributed by atoms with Crippen LogP contribution in [0.4, 0.5) is 5.82 Å². The first-order chi connectivity index (χ1) is 20.4. The van der Waals surface area contributed by atoms with Crippen LogP contribution in [0.25, 0.3) is 16.9 Å². The van der Waals surface area contributed by atoms with E-state index in [-0.39, 0.29) is 35.5 Å². The van der Waals surface area contributed by atoms with E-state index in [1.165, 1.54) is 0 Å². The fourth-order valence-electron chi connectivity index (χ4n) is 5.90. The highest BCUT2D eigenvalue weighted by atomic mass is 32.2. The fraction of sp³-hybridized carbons (Fsp3) is 0.324. The first-order valence-corrected chi connectivity index (χ1v) is 15.6. The Kier molecular flexibility index (Phi) is 8.18. The number of hydrogen-bond donors (Lipinski definition) is 1. The zero-order valence-electron chi connectivity index (χ0n) is 24.3. The second-order valence-corrected chi connectivity index (χ2v) is 12.2. The number of rotatable bonds is 7. The summed E-state index contributed by atoms with van der Waals surface area (Å²) in [5, 5.41) is 8.09. The number of ether oxygens (including phenoxy) is 1. The quantitative estimate of drug-likeness (QED) is 0.293. The molecule has 0 saturated carbocycles. The molecular formula is C34H36N4O3S. The SMILES string of the molecule is Cc1ccc(-n2nc(-c3ccccc3)c3c2N(CC(=O)NCC2CCCO2)C(=O)CSC3c2ccccc2C)c(C)c1. The van der Waals surface area contributed by atoms with E-state index in [0.717, 1.165) is 64.2 Å². The molecule has 4 aromatic rings. The Morgan fingerprint density at radius 2 is 1.81 bits per heavy atom. The summed E-state index contributed by atoms with van der Waals surface area (Å²) in [7, 11) is 0. The smallest absolute Gasteiger partial charge is 0.240 e. The number of benzene rings is 3. The van der Waals surface area contributed by atoms with E-state index in [9.17, 15) is 9.59 Å². The molecule has 2 atom stereocenters. The predicted molar refractivity (Wildman–Crippen MR) is 168 cm³/mol. The van der Waals surface area contributed by atoms with Gasteiger partial charge in [0.15, 0.2) is 0 Å². The minimum absolute atomic E-state index is 0.0238. The molecule has 7 nitrogen and oxygen atoms in total. The van der Waals surface area contributed by atoms with Crippen molar-refractivity contribution in [2.75, 3.05) is 30.3 Å². The van der Waals surface area contributed by atoms with Crippen LogP contribution in [-0.4, -0.2) is 53.1 Å². The molecule has 2 unspecified atom stereocenters. The summed E-state index contributed by atoms with van der Waals surface area (Å²) in [5.74, 6) is 0.568. The Balaban J connectivity index is 1.55. The van der Waals surface area contributed by atoms with Gasteiger partial charge in [-0.3, -0.25) is 14.5 Å². The molecule has 0 aliphatic carbocycles. The lowest BCUT2D eigenvalue weighted by atomic mass is 9.96. The van der Waals surface area contributed by atoms with Gasteiger partial charge in [0, 0.05) is 24.3 Å². The molecule has 8 heteroatoms. The maximum atomic E-state index is 14.0. The molecule has 6 rings (SSSR count). The molecule has 0 bridgehead atoms. The van der Waals surface area contributed by atoms with Crippen molar-refractivity contribution in [2.24, 2.45) is 0 Å². The van der Waals surface area contributed by atoms with Crippen LogP contribution in [0.5, 0.6) is 0 Å². The summed E-state index contributed by atoms with van der Waals surface area (Å²) in [6.45, 7) is 7.31. The number of aryl methyl sites for hydroxylation is 3. The van der Waals surface area contributed by atoms with Crippen molar-refractivity contribution in [3.8, 4) is 16.9 Å². The van der Waals surface area contributed by atoms with Crippen molar-refractivity contribution in [3.63, 3.8) is 0 Å². The molecule has 1 fully saturated rings. The number of carbonyl (C=O) groups is 2. The van der Waals surface area contributed by atoms with Crippen LogP contribution in [0, 0.1) is 20.8 Å². The molecule has 42 heavy (non-hydrogen) atoms. The molecule has 3 aromatic carbocycles. The number of aromatic nitrogens is 2. The molecule has 216 valence electrons. The van der Waals surface area contributed by atoms with E-state index in [4.69, 9.17) is 9.84 Å². The number of hydrogen-bond acceptors (Lipinski definition) is 5. The zero-order chi connectivity index (χ0) is 29.2. The number of carbonyl (C=O) groups excluding carboxylic acids is 2. The van der Waals surface area contributed by atoms with E-state index < -0.39 is 0 Å². The molecule has 2 aliphatic rings. The van der Waals surface area contributed by atoms with Crippen molar-refractivity contribution in [2.45, 2.75) is 45.0 Å². The molecule has 0 spiro atoms. The van der Waals surface area contributed by atoms with E-state index in [1.54, 1.807) is 16.7 Å². The van der Waals surface area contributed by atoms with Gasteiger partial charge in [0.1, 0.15) is 12.4 Å². The summed E-state index contributed by atoms with van der Waals surface area (Å²) in [6.07, 6.45) is 1.96. The molecule has 1 saturated heterocycles. The Morgan fingerprint density at radius 3 is 2.55 bits per heavy atom. The Labute approximate surface area is 251 Å². The molecule has 3 heterocycles. The highest BCUT2D eigenvalue weighted by molar-refractivity contribution is 8.00. The standard InChI is InChI=1S/C34H36N4O3S/c1-22-15-16-28(24(3)18-22)38-34-31(32(36-38)25-11-5-4-6-12-25)33(27-14-8-7-10-23(27)2)42-21-30(40)37(34)20-29(39)35-19-26-13-9-17-41-26/h4-8,10-12,14-16,18,26,33H,9,13,17,19-21H2,1-3H3,(H,35,39). The summed E-state index contributed by atoms with van der Waals surface area (Å²) in [4.78, 5) is 29.0. The van der Waals surface area contributed by atoms with Crippen LogP contribution in [0.3, 0.4) is 0 Å². The normalized spacial score (nSPS) is 18.5. The van der Waals surface area contributed by atoms with Gasteiger partial charge in [-0.15, -0.1) is 11.8 Å². The van der Waals surface area contributed by atoms with Gasteiger partial charge in [-0.2, -0.15) is 5.10 Å². The average molecular weight is 581 g/mol. The third-order valence-electron chi connectivity index (χ3n) is 8.04. The average Bonchev–Trinajstić information content (AvgIpc) is 3.62. The van der Waals surface area contributed by atoms with Crippen molar-refractivity contribution < 1.29 is 14.3 Å². The summed E-state index contributed by atoms with van der Waals surface area (Å²) < 4.78 is 7.59. The molecule has 1 aromatic heterocycles. The predicted octanol–water partition coefficient (Wildman–Crippen LogP) is 5.93. The largest absolute Gasteiger partial charge is 0.376 e. The number of amides is 2. The molecule has 1 N–H and O–H groups in total. The Bertz CT molecular complexity index is 1610. The van der Waals surface area contributed by atoms with Gasteiger partial charge in [0.2, 0.25) is 11.8 Å². The number of nitrogens with zero attached hydrogens (tertiary/aromatic N) is 3. The maximum Gasteiger partial charge on any atom is 0.240 e. The zero-order valence-corrected chi connectivity index (χ0v) is 25.1. The number of thioether (sulfide) groups is 1. The topological polar surface area (TPSA) is 76.5 Å². The Morgan fingerprint density at radius 1 is 1.02 bits per heavy atom. The van der Waals surface area contributed by atoms with Crippen LogP contribution in [0.15, 0.2) is 72.8 Å². The minimum atomic E-state index is -0.209. The van der Waals surface area contributed by atoms with Gasteiger partial charge in [-0.1, -0.05) is 72.3 Å². The van der Waals surface area contributed by atoms with E-state index >= 15 is 0 Å². The van der Waals surface area contributed by atoms with Crippen LogP contribution in [0.1, 0.15) is 45.9 Å². The van der Waals surface area contributed by atoms with Gasteiger partial charge in [0.25, 0.3) is 0 Å². The molecule has 0 radical (unpaired) electrons. The molecule has 2 amide bonds. The lowest BCUT2D eigenvalue weighted by Gasteiger charge is -2.24. The van der Waals surface area contributed by atoms with Gasteiger partial charge < -0.3 is 10.1 Å². The summed E-state index contributed by atoms with van der Waals surface area (Å²) in [6, 6.07) is 24.7. The molecule has 2 aliphatic heterocycles. The third kappa shape index (κ3) is 5.61. The summed E-state index contributed by atoms with van der Waals surface area (Å²) >= 11 is 1.59. The number of fused-ring (bicyclic) bond motifs is 1. The van der Waals surface area contributed by atoms with Crippen LogP contribution in [-0.2, 0) is 14.3 Å². The van der Waals surface area contributed by atoms with Crippen molar-refractivity contribution in [1.29, 1.82) is 0 Å². The van der Waals surface area contributed by atoms with Crippen LogP contribution >= 0.6 is 11.8 Å². The number of anilines is 1. The van der Waals surface area contributed by atoms with Gasteiger partial charge in [0.05, 0.1) is 28.5 Å². The van der Waals surface area contributed by atoms with Crippen LogP contribution in [0.2, 0.25) is 0 Å². The third-order valence-corrected chi connectivity index (χ3v) is 9.28. The fourth-order valence-corrected chi connectivity index (χ4v) is 7.19. The van der Waals surface area contributed by atoms with E-state index in [0.29, 0.717) is 12.4 Å². The van der Waals surface area contributed by atoms with Crippen molar-refractivity contribution in [1.82, 2.24) is 15.1 Å². The van der Waals surface area contributed by atoms with E-state index in [2.05, 4.69) is 62.5 Å². The van der Waals surface area contributed by atoms with Crippen molar-refractivity contribution in [3.05, 3.63) is 101 Å². The first-order valence-electron chi connectivity index (χ1n) is 14.5. The van der Waals surface area contributed by atoms with Gasteiger partial charge in [-0.05, 0) is 56.4 Å². The summed E-state index contributed by atoms with van der Waals surface area (Å²) in [5.41, 5.74) is 8.07. The van der Waals surface area contributed by atoms with Crippen LogP contribution < -0.4 is 10.2 Å². The first kappa shape index (κ1) is 28.2. The highest BCUT2D eigenvalue weighted by Crippen LogP contribution is 2.49. The van der Waals surface area contributed by atoms with Gasteiger partial charge >= 0.3 is 0 Å². The second kappa shape index (κ2) is 12.2.